The molecule has 1 aromatic rings. The van der Waals surface area contributed by atoms with E-state index in [1.54, 1.807) is 12.1 Å². The molecule has 0 saturated heterocycles. The van der Waals surface area contributed by atoms with Crippen LogP contribution in [0.15, 0.2) is 18.2 Å². The van der Waals surface area contributed by atoms with Crippen molar-refractivity contribution < 1.29 is 20.1 Å². The molecule has 0 aliphatic heterocycles. The largest absolute Gasteiger partial charge is 0.508 e. The summed E-state index contributed by atoms with van der Waals surface area (Å²) in [4.78, 5) is 0. The van der Waals surface area contributed by atoms with Gasteiger partial charge in [0.25, 0.3) is 0 Å². The first-order chi connectivity index (χ1) is 12.8. The number of unbranched alkanes of at least 4 members (excludes halogenated alkanes) is 3. The molecule has 27 heavy (non-hydrogen) atoms. The molecule has 4 N–H and O–H groups in total. The second-order valence-corrected chi connectivity index (χ2v) is 8.46. The average molecular weight is 382 g/mol. The van der Waals surface area contributed by atoms with Crippen LogP contribution < -0.4 is 5.32 Å². The number of phenols is 1. The van der Waals surface area contributed by atoms with E-state index in [1.807, 2.05) is 0 Å². The number of aliphatic hydroxyl groups excluding tert-OH is 2. The van der Waals surface area contributed by atoms with Gasteiger partial charge in [-0.05, 0) is 55.3 Å². The monoisotopic (exact) mass is 381 g/mol. The van der Waals surface area contributed by atoms with Crippen molar-refractivity contribution in [3.63, 3.8) is 0 Å². The van der Waals surface area contributed by atoms with E-state index >= 15 is 0 Å². The van der Waals surface area contributed by atoms with Gasteiger partial charge in [0.05, 0.1) is 12.7 Å². The van der Waals surface area contributed by atoms with Crippen LogP contribution in [0.5, 0.6) is 5.75 Å². The van der Waals surface area contributed by atoms with Crippen LogP contribution in [0.3, 0.4) is 0 Å². The molecule has 0 saturated carbocycles. The Labute approximate surface area is 164 Å². The molecule has 1 rings (SSSR count). The van der Waals surface area contributed by atoms with Gasteiger partial charge in [0.2, 0.25) is 0 Å². The Hall–Kier alpha value is -1.14. The van der Waals surface area contributed by atoms with Gasteiger partial charge in [-0.15, -0.1) is 0 Å². The first kappa shape index (κ1) is 23.9. The Balaban J connectivity index is 1.98. The molecule has 1 atom stereocenters. The molecule has 0 bridgehead atoms. The summed E-state index contributed by atoms with van der Waals surface area (Å²) >= 11 is 0. The van der Waals surface area contributed by atoms with Gasteiger partial charge in [-0.1, -0.05) is 39.7 Å². The fourth-order valence-corrected chi connectivity index (χ4v) is 2.91. The maximum Gasteiger partial charge on any atom is 0.121 e. The minimum atomic E-state index is -0.641. The number of benzene rings is 1. The smallest absolute Gasteiger partial charge is 0.121 e. The van der Waals surface area contributed by atoms with Crippen molar-refractivity contribution in [3.05, 3.63) is 29.3 Å². The SMILES string of the molecule is CC(C)(C)CCCOCCCCCCNCC(O)c1ccc(O)c(CO)c1. The van der Waals surface area contributed by atoms with E-state index in [1.165, 1.54) is 18.9 Å². The molecule has 1 unspecified atom stereocenters. The van der Waals surface area contributed by atoms with Crippen molar-refractivity contribution in [3.8, 4) is 5.75 Å². The molecule has 0 aromatic heterocycles. The van der Waals surface area contributed by atoms with Crippen LogP contribution >= 0.6 is 0 Å². The zero-order valence-electron chi connectivity index (χ0n) is 17.3. The van der Waals surface area contributed by atoms with Crippen molar-refractivity contribution in [2.45, 2.75) is 72.0 Å². The Morgan fingerprint density at radius 2 is 1.74 bits per heavy atom. The van der Waals surface area contributed by atoms with Gasteiger partial charge in [-0.3, -0.25) is 0 Å². The van der Waals surface area contributed by atoms with Gasteiger partial charge in [0, 0.05) is 25.3 Å². The molecule has 0 amide bonds. The van der Waals surface area contributed by atoms with E-state index in [0.717, 1.165) is 45.4 Å². The minimum absolute atomic E-state index is 0.0552. The van der Waals surface area contributed by atoms with Crippen LogP contribution in [-0.4, -0.2) is 41.6 Å². The van der Waals surface area contributed by atoms with E-state index in [4.69, 9.17) is 9.84 Å². The molecule has 156 valence electrons. The van der Waals surface area contributed by atoms with E-state index < -0.39 is 6.10 Å². The van der Waals surface area contributed by atoms with Crippen molar-refractivity contribution in [2.75, 3.05) is 26.3 Å². The first-order valence-electron chi connectivity index (χ1n) is 10.2. The van der Waals surface area contributed by atoms with Gasteiger partial charge in [0.1, 0.15) is 5.75 Å². The second-order valence-electron chi connectivity index (χ2n) is 8.46. The maximum absolute atomic E-state index is 10.2. The number of hydrogen-bond acceptors (Lipinski definition) is 5. The van der Waals surface area contributed by atoms with Crippen LogP contribution in [0.4, 0.5) is 0 Å². The zero-order chi connectivity index (χ0) is 20.1. The lowest BCUT2D eigenvalue weighted by Gasteiger charge is -2.17. The van der Waals surface area contributed by atoms with Crippen molar-refractivity contribution in [1.82, 2.24) is 5.32 Å². The third-order valence-electron chi connectivity index (χ3n) is 4.60. The second kappa shape index (κ2) is 13.1. The number of aromatic hydroxyl groups is 1. The highest BCUT2D eigenvalue weighted by molar-refractivity contribution is 5.36. The molecule has 0 heterocycles. The quantitative estimate of drug-likeness (QED) is 0.367. The highest BCUT2D eigenvalue weighted by atomic mass is 16.5. The lowest BCUT2D eigenvalue weighted by atomic mass is 9.91. The van der Waals surface area contributed by atoms with Crippen molar-refractivity contribution >= 4 is 0 Å². The van der Waals surface area contributed by atoms with Crippen LogP contribution in [0.2, 0.25) is 0 Å². The Morgan fingerprint density at radius 3 is 2.44 bits per heavy atom. The van der Waals surface area contributed by atoms with Crippen LogP contribution in [-0.2, 0) is 11.3 Å². The Kier molecular flexibility index (Phi) is 11.6. The third kappa shape index (κ3) is 11.3. The molecule has 0 spiro atoms. The number of nitrogens with one attached hydrogen (secondary N) is 1. The summed E-state index contributed by atoms with van der Waals surface area (Å²) in [6.07, 6.45) is 6.21. The van der Waals surface area contributed by atoms with Crippen LogP contribution in [0, 0.1) is 5.41 Å². The predicted octanol–water partition coefficient (Wildman–Crippen LogP) is 3.91. The van der Waals surface area contributed by atoms with Crippen LogP contribution in [0.1, 0.15) is 76.5 Å². The van der Waals surface area contributed by atoms with E-state index in [0.29, 0.717) is 23.1 Å². The topological polar surface area (TPSA) is 82.0 Å². The van der Waals surface area contributed by atoms with Gasteiger partial charge in [0.15, 0.2) is 0 Å². The molecule has 0 aliphatic rings. The number of hydrogen-bond donors (Lipinski definition) is 4. The first-order valence-corrected chi connectivity index (χ1v) is 10.2. The standard InChI is InChI=1S/C22H39NO4/c1-22(2,3)11-8-14-27-13-7-5-4-6-12-23-16-21(26)18-9-10-20(25)19(15-18)17-24/h9-10,15,21,23-26H,4-8,11-14,16-17H2,1-3H3. The molecule has 0 fully saturated rings. The van der Waals surface area contributed by atoms with Gasteiger partial charge < -0.3 is 25.4 Å². The summed E-state index contributed by atoms with van der Waals surface area (Å²) in [6, 6.07) is 4.83. The molecule has 0 aliphatic carbocycles. The number of rotatable bonds is 14. The van der Waals surface area contributed by atoms with Gasteiger partial charge in [-0.2, -0.15) is 0 Å². The summed E-state index contributed by atoms with van der Waals surface area (Å²) in [6.45, 7) is 9.60. The maximum atomic E-state index is 10.2. The summed E-state index contributed by atoms with van der Waals surface area (Å²) < 4.78 is 5.68. The molecule has 0 radical (unpaired) electrons. The summed E-state index contributed by atoms with van der Waals surface area (Å²) in [5.74, 6) is 0.0552. The lowest BCUT2D eigenvalue weighted by molar-refractivity contribution is 0.118. The molecular weight excluding hydrogens is 342 g/mol. The molecule has 5 heteroatoms. The normalized spacial score (nSPS) is 13.1. The fraction of sp³-hybridized carbons (Fsp3) is 0.727. The summed E-state index contributed by atoms with van der Waals surface area (Å²) in [7, 11) is 0. The van der Waals surface area contributed by atoms with Gasteiger partial charge in [-0.25, -0.2) is 0 Å². The van der Waals surface area contributed by atoms with Crippen molar-refractivity contribution in [1.29, 1.82) is 0 Å². The fourth-order valence-electron chi connectivity index (χ4n) is 2.91. The number of ether oxygens (including phenoxy) is 1. The molecule has 1 aromatic carbocycles. The molecule has 5 nitrogen and oxygen atoms in total. The van der Waals surface area contributed by atoms with Crippen molar-refractivity contribution in [2.24, 2.45) is 5.41 Å². The lowest BCUT2D eigenvalue weighted by Crippen LogP contribution is -2.22. The predicted molar refractivity (Wildman–Crippen MR) is 110 cm³/mol. The van der Waals surface area contributed by atoms with E-state index in [9.17, 15) is 10.2 Å². The molecular formula is C22H39NO4. The van der Waals surface area contributed by atoms with Gasteiger partial charge >= 0.3 is 0 Å². The summed E-state index contributed by atoms with van der Waals surface area (Å²) in [5, 5.41) is 32.2. The average Bonchev–Trinajstić information content (AvgIpc) is 2.61. The highest BCUT2D eigenvalue weighted by Crippen LogP contribution is 2.22. The minimum Gasteiger partial charge on any atom is -0.508 e. The Bertz CT molecular complexity index is 514. The van der Waals surface area contributed by atoms with Crippen LogP contribution in [0.25, 0.3) is 0 Å². The third-order valence-corrected chi connectivity index (χ3v) is 4.60. The van der Waals surface area contributed by atoms with E-state index in [2.05, 4.69) is 26.1 Å². The zero-order valence-corrected chi connectivity index (χ0v) is 17.3. The number of aliphatic hydroxyl groups is 2. The van der Waals surface area contributed by atoms with E-state index in [-0.39, 0.29) is 12.4 Å². The Morgan fingerprint density at radius 1 is 1.04 bits per heavy atom. The summed E-state index contributed by atoms with van der Waals surface area (Å²) in [5.41, 5.74) is 1.54. The highest BCUT2D eigenvalue weighted by Gasteiger charge is 2.10.